The number of halogens is 2. The molecule has 0 aromatic rings. The molecule has 1 nitrogen and oxygen atoms in total. The molecule has 0 saturated heterocycles. The molecule has 0 spiro atoms. The van der Waals surface area contributed by atoms with Crippen LogP contribution in [0.2, 0.25) is 19.6 Å². The van der Waals surface area contributed by atoms with E-state index in [0.717, 1.165) is 12.8 Å². The maximum absolute atomic E-state index is 5.24. The van der Waals surface area contributed by atoms with Gasteiger partial charge in [-0.2, -0.15) is 19.1 Å². The Morgan fingerprint density at radius 2 is 1.41 bits per heavy atom. The molecule has 0 aliphatic heterocycles. The predicted octanol–water partition coefficient (Wildman–Crippen LogP) is 5.83. The Bertz CT molecular complexity index is 290. The van der Waals surface area contributed by atoms with Crippen molar-refractivity contribution in [2.45, 2.75) is 46.3 Å². The topological polar surface area (TPSA) is 9.23 Å². The molecule has 2 aliphatic carbocycles. The van der Waals surface area contributed by atoms with Gasteiger partial charge in [-0.1, -0.05) is 0 Å². The van der Waals surface area contributed by atoms with Crippen LogP contribution >= 0.6 is 24.8 Å². The largest absolute Gasteiger partial charge is 0.273 e. The van der Waals surface area contributed by atoms with Gasteiger partial charge in [-0.05, 0) is 19.6 Å². The second kappa shape index (κ2) is 23.7. The van der Waals surface area contributed by atoms with Crippen molar-refractivity contribution in [2.24, 2.45) is 0 Å². The van der Waals surface area contributed by atoms with E-state index in [9.17, 15) is 0 Å². The standard InChI is InChI=1S/C5H13OSi.2C5H5.C2H4.2ClH.Zr/c1-5-6-7(2,3)4;2*1-2-4-5-3-1;1-2;;;/h5H,1-4H3;2*1-3H,4H2;1H,2H3;2*1H;/q3*-1;;;;. The first-order valence-electron chi connectivity index (χ1n) is 6.82. The maximum Gasteiger partial charge on any atom is -0.109 e. The minimum absolute atomic E-state index is 0. The number of hydrogen-bond donors (Lipinski definition) is 0. The molecular weight excluding hydrogens is 410 g/mol. The zero-order chi connectivity index (χ0) is 15.7. The summed E-state index contributed by atoms with van der Waals surface area (Å²) in [6.07, 6.45) is 20.0. The van der Waals surface area contributed by atoms with E-state index in [1.165, 1.54) is 24.2 Å². The molecule has 0 unspecified atom stereocenters. The van der Waals surface area contributed by atoms with Crippen molar-refractivity contribution in [3.63, 3.8) is 0 Å². The van der Waals surface area contributed by atoms with Crippen LogP contribution in [-0.4, -0.2) is 12.0 Å². The van der Waals surface area contributed by atoms with E-state index >= 15 is 0 Å². The Kier molecular flexibility index (Phi) is 32.8. The average molecular weight is 440 g/mol. The van der Waals surface area contributed by atoms with Crippen molar-refractivity contribution in [1.29, 1.82) is 0 Å². The molecule has 2 rings (SSSR count). The molecule has 22 heavy (non-hydrogen) atoms. The molecule has 0 radical (unpaired) electrons. The van der Waals surface area contributed by atoms with E-state index in [0.29, 0.717) is 0 Å². The van der Waals surface area contributed by atoms with Crippen LogP contribution in [0.5, 0.6) is 0 Å². The molecule has 0 fully saturated rings. The van der Waals surface area contributed by atoms with Crippen molar-refractivity contribution in [3.8, 4) is 0 Å². The van der Waals surface area contributed by atoms with E-state index < -0.39 is 8.32 Å². The molecule has 0 aromatic carbocycles. The Balaban J connectivity index is -0.0000000984. The average Bonchev–Trinajstić information content (AvgIpc) is 3.09. The van der Waals surface area contributed by atoms with Crippen molar-refractivity contribution in [1.82, 2.24) is 0 Å². The molecule has 2 aliphatic rings. The summed E-state index contributed by atoms with van der Waals surface area (Å²) in [6, 6.07) is 0. The van der Waals surface area contributed by atoms with Gasteiger partial charge in [0.15, 0.2) is 0 Å². The second-order valence-corrected chi connectivity index (χ2v) is 10.6. The second-order valence-electron chi connectivity index (χ2n) is 4.76. The van der Waals surface area contributed by atoms with Crippen molar-refractivity contribution < 1.29 is 28.7 Å². The summed E-state index contributed by atoms with van der Waals surface area (Å²) in [7, 11) is -1.21. The molecule has 0 N–H and O–H groups in total. The van der Waals surface area contributed by atoms with E-state index in [4.69, 9.17) is 4.43 Å². The number of allylic oxidation sites excluding steroid dienone is 8. The molecule has 0 atom stereocenters. The Morgan fingerprint density at radius 1 is 1.05 bits per heavy atom. The first-order valence-corrected chi connectivity index (χ1v) is 11.6. The number of rotatable bonds is 2. The van der Waals surface area contributed by atoms with E-state index in [2.05, 4.69) is 47.7 Å². The first-order chi connectivity index (χ1) is 9.47. The van der Waals surface area contributed by atoms with Crippen LogP contribution in [0.3, 0.4) is 0 Å². The third-order valence-corrected chi connectivity index (χ3v) is 2.59. The van der Waals surface area contributed by atoms with Crippen LogP contribution < -0.4 is 0 Å². The maximum atomic E-state index is 5.24. The minimum atomic E-state index is -1.21. The molecule has 5 heteroatoms. The quantitative estimate of drug-likeness (QED) is 0.389. The van der Waals surface area contributed by atoms with Gasteiger partial charge in [0.2, 0.25) is 0 Å². The molecule has 128 valence electrons. The summed E-state index contributed by atoms with van der Waals surface area (Å²) >= 11 is 1.51. The summed E-state index contributed by atoms with van der Waals surface area (Å²) in [5, 5.41) is 0. The monoisotopic (exact) mass is 437 g/mol. The van der Waals surface area contributed by atoms with Gasteiger partial charge in [-0.25, -0.2) is 30.9 Å². The summed E-state index contributed by atoms with van der Waals surface area (Å²) in [6.45, 7) is 12.2. The molecule has 0 heterocycles. The zero-order valence-corrected chi connectivity index (χ0v) is 19.3. The Hall–Kier alpha value is 0.470. The van der Waals surface area contributed by atoms with Gasteiger partial charge < -0.3 is 4.43 Å². The van der Waals surface area contributed by atoms with Crippen LogP contribution in [0.4, 0.5) is 0 Å². The van der Waals surface area contributed by atoms with Gasteiger partial charge in [-0.3, -0.25) is 12.2 Å². The fraction of sp³-hybridized carbons (Fsp3) is 0.412. The third kappa shape index (κ3) is 37.1. The van der Waals surface area contributed by atoms with Gasteiger partial charge in [0.25, 0.3) is 0 Å². The molecule has 0 amide bonds. The summed E-state index contributed by atoms with van der Waals surface area (Å²) in [5.74, 6) is 0. The summed E-state index contributed by atoms with van der Waals surface area (Å²) < 4.78 is 7.33. The predicted molar refractivity (Wildman–Crippen MR) is 104 cm³/mol. The first kappa shape index (κ1) is 30.4. The van der Waals surface area contributed by atoms with E-state index in [1.807, 2.05) is 38.2 Å². The molecule has 0 saturated carbocycles. The molecule has 0 aromatic heterocycles. The van der Waals surface area contributed by atoms with Gasteiger partial charge in [0.1, 0.15) is 8.32 Å². The smallest absolute Gasteiger partial charge is 0.109 e. The SMILES string of the molecule is C[CH-]O[Si](C)(C)C.C[CH]=[Zr].Cl.Cl.[C-]1=CC=CC1.[C-]1=CC=CC1. The van der Waals surface area contributed by atoms with Crippen molar-refractivity contribution >= 4 is 36.8 Å². The van der Waals surface area contributed by atoms with Crippen LogP contribution in [0, 0.1) is 18.8 Å². The summed E-state index contributed by atoms with van der Waals surface area (Å²) in [5.41, 5.74) is 0. The van der Waals surface area contributed by atoms with Crippen molar-refractivity contribution in [2.75, 3.05) is 0 Å². The third-order valence-electron chi connectivity index (χ3n) is 1.64. The van der Waals surface area contributed by atoms with Crippen LogP contribution in [0.25, 0.3) is 0 Å². The van der Waals surface area contributed by atoms with Crippen LogP contribution in [0.15, 0.2) is 36.5 Å². The van der Waals surface area contributed by atoms with E-state index in [-0.39, 0.29) is 24.8 Å². The van der Waals surface area contributed by atoms with E-state index in [1.54, 1.807) is 6.61 Å². The van der Waals surface area contributed by atoms with Gasteiger partial charge in [0.05, 0.1) is 0 Å². The fourth-order valence-electron chi connectivity index (χ4n) is 1.03. The minimum Gasteiger partial charge on any atom is -0.273 e. The summed E-state index contributed by atoms with van der Waals surface area (Å²) in [4.78, 5) is 0. The van der Waals surface area contributed by atoms with Gasteiger partial charge in [0, 0.05) is 0 Å². The molecule has 0 bridgehead atoms. The molecular formula is C17H29Cl2OSiZr-3. The van der Waals surface area contributed by atoms with Gasteiger partial charge >= 0.3 is 34.9 Å². The van der Waals surface area contributed by atoms with Crippen molar-refractivity contribution in [3.05, 3.63) is 55.2 Å². The van der Waals surface area contributed by atoms with Gasteiger partial charge in [-0.15, -0.1) is 37.7 Å². The Labute approximate surface area is 166 Å². The normalized spacial score (nSPS) is 12.4. The Morgan fingerprint density at radius 3 is 1.45 bits per heavy atom. The zero-order valence-electron chi connectivity index (χ0n) is 14.3. The number of hydrogen-bond acceptors (Lipinski definition) is 1. The van der Waals surface area contributed by atoms with Crippen LogP contribution in [0.1, 0.15) is 26.7 Å². The van der Waals surface area contributed by atoms with Crippen LogP contribution in [-0.2, 0) is 28.7 Å². The fourth-order valence-corrected chi connectivity index (χ4v) is 1.74.